The normalized spacial score (nSPS) is 0.778. The van der Waals surface area contributed by atoms with Crippen molar-refractivity contribution in [1.29, 1.82) is 0 Å². The van der Waals surface area contributed by atoms with Crippen LogP contribution in [-0.2, 0) is 17.3 Å². The van der Waals surface area contributed by atoms with Gasteiger partial charge in [0.25, 0.3) is 0 Å². The summed E-state index contributed by atoms with van der Waals surface area (Å²) < 4.78 is 0. The summed E-state index contributed by atoms with van der Waals surface area (Å²) in [6.07, 6.45) is 0. The Bertz CT molecular complexity index is 12.2. The average molecular weight is 296 g/mol. The van der Waals surface area contributed by atoms with E-state index in [0.717, 1.165) is 0 Å². The molecule has 0 amide bonds. The van der Waals surface area contributed by atoms with E-state index in [9.17, 15) is 0 Å². The van der Waals surface area contributed by atoms with Crippen molar-refractivity contribution in [2.45, 2.75) is 0 Å². The van der Waals surface area contributed by atoms with Gasteiger partial charge in [0.2, 0.25) is 0 Å². The molecule has 0 saturated carbocycles. The van der Waals surface area contributed by atoms with Gasteiger partial charge in [0, 0.05) is 0 Å². The van der Waals surface area contributed by atoms with Crippen LogP contribution in [0.2, 0.25) is 0 Å². The van der Waals surface area contributed by atoms with Gasteiger partial charge >= 0.3 is 27.0 Å². The Kier molecular flexibility index (Phi) is 7180. The molecular formula is H17Cl3N5Rh. The van der Waals surface area contributed by atoms with Crippen molar-refractivity contribution in [2.75, 3.05) is 0 Å². The molecule has 9 heteroatoms. The van der Waals surface area contributed by atoms with Gasteiger partial charge in [0.15, 0.2) is 0 Å². The second-order valence-corrected chi connectivity index (χ2v) is 0. The fraction of sp³-hybridized carbons (Fsp3) is 0. The van der Waals surface area contributed by atoms with E-state index in [-0.39, 0.29) is 55.6 Å². The first kappa shape index (κ1) is 169. The van der Waals surface area contributed by atoms with Gasteiger partial charge in [-0.05, 0) is 0 Å². The Morgan fingerprint density at radius 2 is 0.556 bits per heavy atom. The van der Waals surface area contributed by atoms with Crippen molar-refractivity contribution >= 4 is 34.5 Å². The van der Waals surface area contributed by atoms with Crippen LogP contribution in [0.15, 0.2) is 0 Å². The number of halogens is 3. The maximum absolute atomic E-state index is 4.53. The Balaban J connectivity index is -0.000000000238. The Labute approximate surface area is 82.5 Å². The second-order valence-electron chi connectivity index (χ2n) is 0. The molecule has 72 valence electrons. The van der Waals surface area contributed by atoms with Crippen LogP contribution >= 0.6 is 34.5 Å². The zero-order valence-corrected chi connectivity index (χ0v) is 9.09. The number of rotatable bonds is 0. The van der Waals surface area contributed by atoms with Crippen LogP contribution in [0.4, 0.5) is 0 Å². The predicted octanol–water partition coefficient (Wildman–Crippen LogP) is 2.34. The zero-order valence-electron chi connectivity index (χ0n) is 5.06. The molecule has 0 fully saturated rings. The van der Waals surface area contributed by atoms with Crippen LogP contribution in [0.25, 0.3) is 0 Å². The first-order chi connectivity index (χ1) is 1.00. The molecule has 0 aliphatic rings. The average Bonchev–Trinajstić information content (AvgIpc) is 1.00. The summed E-state index contributed by atoms with van der Waals surface area (Å²) in [6.45, 7) is 0. The first-order valence-corrected chi connectivity index (χ1v) is 2.24. The van der Waals surface area contributed by atoms with E-state index < -0.39 is 0 Å². The molecule has 0 bridgehead atoms. The van der Waals surface area contributed by atoms with Gasteiger partial charge in [0.05, 0.1) is 0 Å². The quantitative estimate of drug-likeness (QED) is 0.430. The summed E-state index contributed by atoms with van der Waals surface area (Å²) in [4.78, 5) is 0. The number of hydrogen-bond acceptors (Lipinski definition) is 5. The second kappa shape index (κ2) is 382. The van der Waals surface area contributed by atoms with Gasteiger partial charge < -0.3 is 30.8 Å². The molecule has 0 aromatic heterocycles. The van der Waals surface area contributed by atoms with E-state index >= 15 is 0 Å². The molecule has 0 radical (unpaired) electrons. The standard InChI is InChI=1S/3ClH.5H3N.Rh/h3*1H;5*1H3;/q;;;;;;;;+1/p-1. The summed E-state index contributed by atoms with van der Waals surface area (Å²) in [5.74, 6) is 0. The van der Waals surface area contributed by atoms with Gasteiger partial charge in [-0.3, -0.25) is 0 Å². The van der Waals surface area contributed by atoms with Crippen molar-refractivity contribution in [2.24, 2.45) is 0 Å². The van der Waals surface area contributed by atoms with E-state index in [2.05, 4.69) is 9.69 Å². The van der Waals surface area contributed by atoms with E-state index in [1.807, 2.05) is 17.3 Å². The molecule has 0 unspecified atom stereocenters. The topological polar surface area (TPSA) is 175 Å². The van der Waals surface area contributed by atoms with Crippen molar-refractivity contribution in [3.63, 3.8) is 0 Å². The molecular weight excluding hydrogens is 279 g/mol. The first-order valence-electron chi connectivity index (χ1n) is 0.126. The molecule has 0 saturated heterocycles. The van der Waals surface area contributed by atoms with Gasteiger partial charge in [-0.2, -0.15) is 0 Å². The zero-order chi connectivity index (χ0) is 2.00. The predicted molar refractivity (Wildman–Crippen MR) is 45.5 cm³/mol. The summed E-state index contributed by atoms with van der Waals surface area (Å²) in [5, 5.41) is 0. The van der Waals surface area contributed by atoms with E-state index in [4.69, 9.17) is 0 Å². The Morgan fingerprint density at radius 1 is 0.556 bits per heavy atom. The molecule has 0 aliphatic heterocycles. The van der Waals surface area contributed by atoms with Crippen molar-refractivity contribution in [3.05, 3.63) is 0 Å². The summed E-state index contributed by atoms with van der Waals surface area (Å²) in [7, 11) is 4.53. The molecule has 9 heavy (non-hydrogen) atoms. The molecule has 5 nitrogen and oxygen atoms in total. The Hall–Kier alpha value is 1.29. The third kappa shape index (κ3) is 296. The summed E-state index contributed by atoms with van der Waals surface area (Å²) in [6, 6.07) is 0. The molecule has 0 rings (SSSR count). The maximum atomic E-state index is 4.53. The molecule has 0 aromatic carbocycles. The fourth-order valence-corrected chi connectivity index (χ4v) is 0. The molecule has 15 N–H and O–H groups in total. The molecule has 0 spiro atoms. The van der Waals surface area contributed by atoms with Crippen molar-refractivity contribution < 1.29 is 17.3 Å². The SMILES string of the molecule is Cl.Cl.N.N.N.N.N.[Cl][Rh]. The van der Waals surface area contributed by atoms with E-state index in [1.54, 1.807) is 0 Å². The van der Waals surface area contributed by atoms with Crippen molar-refractivity contribution in [3.8, 4) is 0 Å². The van der Waals surface area contributed by atoms with Gasteiger partial charge in [-0.15, -0.1) is 24.8 Å². The van der Waals surface area contributed by atoms with E-state index in [1.165, 1.54) is 0 Å². The van der Waals surface area contributed by atoms with Gasteiger partial charge in [-0.1, -0.05) is 0 Å². The molecule has 0 atom stereocenters. The van der Waals surface area contributed by atoms with Crippen LogP contribution in [-0.4, -0.2) is 0 Å². The van der Waals surface area contributed by atoms with Crippen LogP contribution in [0.1, 0.15) is 0 Å². The third-order valence-corrected chi connectivity index (χ3v) is 0. The number of hydrogen-bond donors (Lipinski definition) is 5. The van der Waals surface area contributed by atoms with Crippen LogP contribution in [0.3, 0.4) is 0 Å². The minimum atomic E-state index is 0. The van der Waals surface area contributed by atoms with Crippen LogP contribution in [0.5, 0.6) is 0 Å². The van der Waals surface area contributed by atoms with Crippen molar-refractivity contribution in [1.82, 2.24) is 30.8 Å². The molecule has 0 heterocycles. The fourth-order valence-electron chi connectivity index (χ4n) is 0. The molecule has 0 aromatic rings. The molecule has 0 aliphatic carbocycles. The summed E-state index contributed by atoms with van der Waals surface area (Å²) in [5.41, 5.74) is 0. The van der Waals surface area contributed by atoms with E-state index in [0.29, 0.717) is 0 Å². The summed E-state index contributed by atoms with van der Waals surface area (Å²) >= 11 is 2.02. The van der Waals surface area contributed by atoms with Crippen LogP contribution in [0, 0.1) is 0 Å². The van der Waals surface area contributed by atoms with Gasteiger partial charge in [-0.25, -0.2) is 0 Å². The monoisotopic (exact) mass is 295 g/mol. The van der Waals surface area contributed by atoms with Gasteiger partial charge in [0.1, 0.15) is 0 Å². The Morgan fingerprint density at radius 3 is 0.556 bits per heavy atom. The van der Waals surface area contributed by atoms with Crippen LogP contribution < -0.4 is 30.8 Å². The third-order valence-electron chi connectivity index (χ3n) is 0. The minimum absolute atomic E-state index is 0.